The van der Waals surface area contributed by atoms with Crippen LogP contribution in [0, 0.1) is 6.92 Å². The van der Waals surface area contributed by atoms with E-state index in [1.54, 1.807) is 13.1 Å². The second-order valence-electron chi connectivity index (χ2n) is 4.80. The van der Waals surface area contributed by atoms with Gasteiger partial charge in [0, 0.05) is 18.0 Å². The number of amides is 1. The highest BCUT2D eigenvalue weighted by molar-refractivity contribution is 7.90. The van der Waals surface area contributed by atoms with Gasteiger partial charge >= 0.3 is 0 Å². The summed E-state index contributed by atoms with van der Waals surface area (Å²) in [6.45, 7) is 1.80. The van der Waals surface area contributed by atoms with Crippen molar-refractivity contribution in [3.05, 3.63) is 53.6 Å². The van der Waals surface area contributed by atoms with E-state index < -0.39 is 15.7 Å². The Kier molecular flexibility index (Phi) is 4.37. The minimum absolute atomic E-state index is 0.176. The van der Waals surface area contributed by atoms with Crippen molar-refractivity contribution in [2.45, 2.75) is 11.8 Å². The number of benzene rings is 1. The van der Waals surface area contributed by atoms with Gasteiger partial charge in [-0.25, -0.2) is 8.42 Å². The zero-order valence-corrected chi connectivity index (χ0v) is 13.0. The minimum Gasteiger partial charge on any atom is -0.366 e. The van der Waals surface area contributed by atoms with Crippen LogP contribution in [-0.4, -0.2) is 30.5 Å². The lowest BCUT2D eigenvalue weighted by Gasteiger charge is -2.05. The van der Waals surface area contributed by atoms with Crippen LogP contribution in [0.25, 0.3) is 11.6 Å². The van der Waals surface area contributed by atoms with E-state index in [0.29, 0.717) is 11.3 Å². The Bertz CT molecular complexity index is 823. The quantitative estimate of drug-likeness (QED) is 0.854. The van der Waals surface area contributed by atoms with Gasteiger partial charge < -0.3 is 5.73 Å². The Labute approximate surface area is 128 Å². The van der Waals surface area contributed by atoms with Gasteiger partial charge in [0.05, 0.1) is 22.5 Å². The third-order valence-electron chi connectivity index (χ3n) is 2.95. The lowest BCUT2D eigenvalue weighted by atomic mass is 10.0. The first-order valence-corrected chi connectivity index (χ1v) is 8.27. The molecule has 0 bridgehead atoms. The lowest BCUT2D eigenvalue weighted by molar-refractivity contribution is -0.112. The molecule has 0 aliphatic carbocycles. The van der Waals surface area contributed by atoms with Crippen LogP contribution in [-0.2, 0) is 14.6 Å². The number of nitrogens with two attached hydrogens (primary N) is 1. The molecule has 0 atom stereocenters. The first kappa shape index (κ1) is 15.8. The summed E-state index contributed by atoms with van der Waals surface area (Å²) in [5.74, 6) is -0.630. The van der Waals surface area contributed by atoms with Crippen molar-refractivity contribution < 1.29 is 13.2 Å². The van der Waals surface area contributed by atoms with Gasteiger partial charge in [0.25, 0.3) is 0 Å². The predicted octanol–water partition coefficient (Wildman–Crippen LogP) is 1.21. The number of hydrogen-bond donors (Lipinski definition) is 1. The summed E-state index contributed by atoms with van der Waals surface area (Å²) in [7, 11) is -3.29. The van der Waals surface area contributed by atoms with E-state index >= 15 is 0 Å². The first-order valence-electron chi connectivity index (χ1n) is 6.38. The monoisotopic (exact) mass is 317 g/mol. The van der Waals surface area contributed by atoms with Gasteiger partial charge in [0.2, 0.25) is 5.91 Å². The van der Waals surface area contributed by atoms with Gasteiger partial charge in [-0.2, -0.15) is 0 Å². The van der Waals surface area contributed by atoms with Crippen LogP contribution < -0.4 is 5.73 Å². The molecule has 0 unspecified atom stereocenters. The molecule has 0 radical (unpaired) electrons. The molecule has 22 heavy (non-hydrogen) atoms. The van der Waals surface area contributed by atoms with Crippen LogP contribution in [0.3, 0.4) is 0 Å². The summed E-state index contributed by atoms with van der Waals surface area (Å²) in [6.07, 6.45) is 5.75. The van der Waals surface area contributed by atoms with E-state index in [-0.39, 0.29) is 10.5 Å². The van der Waals surface area contributed by atoms with Crippen LogP contribution >= 0.6 is 0 Å². The number of aromatic nitrogens is 2. The Balaban J connectivity index is 2.44. The average molecular weight is 317 g/mol. The number of hydrogen-bond acceptors (Lipinski definition) is 5. The Morgan fingerprint density at radius 2 is 1.77 bits per heavy atom. The van der Waals surface area contributed by atoms with Crippen molar-refractivity contribution in [1.82, 2.24) is 9.97 Å². The number of carbonyl (C=O) groups excluding carboxylic acids is 1. The van der Waals surface area contributed by atoms with Crippen molar-refractivity contribution in [1.29, 1.82) is 0 Å². The van der Waals surface area contributed by atoms with E-state index in [0.717, 1.165) is 11.9 Å². The Hall–Kier alpha value is -2.54. The summed E-state index contributed by atoms with van der Waals surface area (Å²) in [5.41, 5.74) is 7.40. The molecule has 1 amide bonds. The third-order valence-corrected chi connectivity index (χ3v) is 4.08. The molecule has 0 spiro atoms. The highest BCUT2D eigenvalue weighted by atomic mass is 32.2. The van der Waals surface area contributed by atoms with Gasteiger partial charge in [0.1, 0.15) is 0 Å². The zero-order chi connectivity index (χ0) is 16.3. The SMILES string of the molecule is Cc1cnc(C=C(C(N)=O)c2ccc(S(C)(=O)=O)cc2)cn1. The molecule has 114 valence electrons. The predicted molar refractivity (Wildman–Crippen MR) is 83.4 cm³/mol. The molecule has 0 saturated heterocycles. The van der Waals surface area contributed by atoms with E-state index in [9.17, 15) is 13.2 Å². The standard InChI is InChI=1S/C15H15N3O3S/c1-10-8-18-12(9-17-10)7-14(15(16)19)11-3-5-13(6-4-11)22(2,20)21/h3-9H,1-2H3,(H2,16,19). The number of aryl methyl sites for hydroxylation is 1. The fraction of sp³-hybridized carbons (Fsp3) is 0.133. The van der Waals surface area contributed by atoms with Crippen molar-refractivity contribution >= 4 is 27.4 Å². The van der Waals surface area contributed by atoms with E-state index in [1.165, 1.54) is 36.5 Å². The van der Waals surface area contributed by atoms with Crippen LogP contribution in [0.15, 0.2) is 41.6 Å². The fourth-order valence-corrected chi connectivity index (χ4v) is 2.43. The second-order valence-corrected chi connectivity index (χ2v) is 6.82. The topological polar surface area (TPSA) is 103 Å². The number of carbonyl (C=O) groups is 1. The summed E-state index contributed by atoms with van der Waals surface area (Å²) in [5, 5.41) is 0. The first-order chi connectivity index (χ1) is 10.3. The number of rotatable bonds is 4. The van der Waals surface area contributed by atoms with Crippen LogP contribution in [0.1, 0.15) is 17.0 Å². The van der Waals surface area contributed by atoms with Crippen LogP contribution in [0.4, 0.5) is 0 Å². The summed E-state index contributed by atoms with van der Waals surface area (Å²) in [6, 6.07) is 5.94. The molecular weight excluding hydrogens is 302 g/mol. The maximum absolute atomic E-state index is 11.6. The van der Waals surface area contributed by atoms with Crippen molar-refractivity contribution in [2.75, 3.05) is 6.26 Å². The number of primary amides is 1. The molecule has 0 aliphatic rings. The smallest absolute Gasteiger partial charge is 0.249 e. The van der Waals surface area contributed by atoms with E-state index in [2.05, 4.69) is 9.97 Å². The molecule has 0 saturated carbocycles. The molecule has 2 N–H and O–H groups in total. The van der Waals surface area contributed by atoms with Gasteiger partial charge in [-0.1, -0.05) is 12.1 Å². The summed E-state index contributed by atoms with van der Waals surface area (Å²) >= 11 is 0. The maximum atomic E-state index is 11.6. The van der Waals surface area contributed by atoms with Gasteiger partial charge in [0.15, 0.2) is 9.84 Å². The molecule has 7 heteroatoms. The van der Waals surface area contributed by atoms with Crippen molar-refractivity contribution in [3.63, 3.8) is 0 Å². The normalized spacial score (nSPS) is 12.2. The molecule has 6 nitrogen and oxygen atoms in total. The fourth-order valence-electron chi connectivity index (χ4n) is 1.80. The molecule has 1 heterocycles. The summed E-state index contributed by atoms with van der Waals surface area (Å²) < 4.78 is 22.9. The molecule has 0 fully saturated rings. The highest BCUT2D eigenvalue weighted by Crippen LogP contribution is 2.19. The van der Waals surface area contributed by atoms with Crippen LogP contribution in [0.5, 0.6) is 0 Å². The zero-order valence-electron chi connectivity index (χ0n) is 12.1. The largest absolute Gasteiger partial charge is 0.366 e. The molecule has 0 aliphatic heterocycles. The molecular formula is C15H15N3O3S. The lowest BCUT2D eigenvalue weighted by Crippen LogP contribution is -2.13. The minimum atomic E-state index is -3.29. The Morgan fingerprint density at radius 1 is 1.14 bits per heavy atom. The number of nitrogens with zero attached hydrogens (tertiary/aromatic N) is 2. The third kappa shape index (κ3) is 3.76. The second kappa shape index (κ2) is 6.07. The maximum Gasteiger partial charge on any atom is 0.249 e. The Morgan fingerprint density at radius 3 is 2.23 bits per heavy atom. The molecule has 2 aromatic rings. The summed E-state index contributed by atoms with van der Waals surface area (Å²) in [4.78, 5) is 20.0. The highest BCUT2D eigenvalue weighted by Gasteiger charge is 2.11. The van der Waals surface area contributed by atoms with E-state index in [1.807, 2.05) is 0 Å². The van der Waals surface area contributed by atoms with Crippen molar-refractivity contribution in [2.24, 2.45) is 5.73 Å². The van der Waals surface area contributed by atoms with Gasteiger partial charge in [-0.05, 0) is 30.7 Å². The molecule has 1 aromatic carbocycles. The average Bonchev–Trinajstić information content (AvgIpc) is 2.45. The van der Waals surface area contributed by atoms with Gasteiger partial charge in [-0.15, -0.1) is 0 Å². The van der Waals surface area contributed by atoms with Crippen LogP contribution in [0.2, 0.25) is 0 Å². The molecule has 1 aromatic heterocycles. The molecule has 2 rings (SSSR count). The number of sulfone groups is 1. The van der Waals surface area contributed by atoms with Gasteiger partial charge in [-0.3, -0.25) is 14.8 Å². The van der Waals surface area contributed by atoms with Crippen molar-refractivity contribution in [3.8, 4) is 0 Å². The van der Waals surface area contributed by atoms with E-state index in [4.69, 9.17) is 5.73 Å².